The molecule has 2 aromatic heterocycles. The number of esters is 1. The minimum Gasteiger partial charge on any atom is -0.462 e. The molecule has 4 rings (SSSR count). The van der Waals surface area contributed by atoms with Crippen molar-refractivity contribution in [2.24, 2.45) is 0 Å². The number of rotatable bonds is 5. The van der Waals surface area contributed by atoms with E-state index in [0.29, 0.717) is 23.5 Å². The second-order valence-electron chi connectivity index (χ2n) is 6.39. The predicted molar refractivity (Wildman–Crippen MR) is 109 cm³/mol. The van der Waals surface area contributed by atoms with Crippen LogP contribution >= 0.6 is 0 Å². The summed E-state index contributed by atoms with van der Waals surface area (Å²) in [7, 11) is 0. The highest BCUT2D eigenvalue weighted by Gasteiger charge is 2.20. The van der Waals surface area contributed by atoms with Crippen molar-refractivity contribution >= 4 is 28.4 Å². The zero-order valence-corrected chi connectivity index (χ0v) is 15.7. The third kappa shape index (κ3) is 3.32. The average Bonchev–Trinajstić information content (AvgIpc) is 3.15. The molecule has 0 fully saturated rings. The number of hydrogen-bond donors (Lipinski definition) is 1. The van der Waals surface area contributed by atoms with Gasteiger partial charge in [-0.25, -0.2) is 14.5 Å². The number of benzene rings is 2. The molecule has 0 atom stereocenters. The van der Waals surface area contributed by atoms with Crippen molar-refractivity contribution in [1.82, 2.24) is 14.8 Å². The molecule has 0 amide bonds. The Morgan fingerprint density at radius 3 is 2.54 bits per heavy atom. The first kappa shape index (κ1) is 17.7. The number of para-hydroxylation sites is 1. The number of nitrogens with one attached hydrogen (secondary N) is 1. The fourth-order valence-electron chi connectivity index (χ4n) is 3.02. The zero-order valence-electron chi connectivity index (χ0n) is 15.7. The van der Waals surface area contributed by atoms with Gasteiger partial charge in [-0.3, -0.25) is 0 Å². The van der Waals surface area contributed by atoms with Gasteiger partial charge in [-0.15, -0.1) is 0 Å². The number of pyridine rings is 1. The molecule has 0 unspecified atom stereocenters. The Labute approximate surface area is 162 Å². The predicted octanol–water partition coefficient (Wildman–Crippen LogP) is 4.65. The minimum absolute atomic E-state index is 0.296. The lowest BCUT2D eigenvalue weighted by atomic mass is 10.1. The van der Waals surface area contributed by atoms with Gasteiger partial charge in [0.25, 0.3) is 0 Å². The molecular weight excluding hydrogens is 352 g/mol. The van der Waals surface area contributed by atoms with Crippen LogP contribution < -0.4 is 5.32 Å². The van der Waals surface area contributed by atoms with Crippen LogP contribution in [0.1, 0.15) is 22.8 Å². The third-order valence-corrected chi connectivity index (χ3v) is 4.42. The van der Waals surface area contributed by atoms with Crippen molar-refractivity contribution in [3.8, 4) is 5.69 Å². The van der Waals surface area contributed by atoms with E-state index in [2.05, 4.69) is 15.4 Å². The van der Waals surface area contributed by atoms with Crippen LogP contribution in [-0.4, -0.2) is 27.3 Å². The van der Waals surface area contributed by atoms with Crippen LogP contribution in [0.3, 0.4) is 0 Å². The molecule has 6 nitrogen and oxygen atoms in total. The summed E-state index contributed by atoms with van der Waals surface area (Å²) < 4.78 is 6.97. The van der Waals surface area contributed by atoms with Gasteiger partial charge in [-0.05, 0) is 38.1 Å². The van der Waals surface area contributed by atoms with Crippen LogP contribution in [-0.2, 0) is 4.74 Å². The van der Waals surface area contributed by atoms with Crippen molar-refractivity contribution in [3.63, 3.8) is 0 Å². The van der Waals surface area contributed by atoms with Crippen LogP contribution in [0.4, 0.5) is 11.4 Å². The van der Waals surface area contributed by atoms with E-state index in [1.165, 1.54) is 6.20 Å². The van der Waals surface area contributed by atoms with Crippen molar-refractivity contribution in [1.29, 1.82) is 0 Å². The molecule has 1 N–H and O–H groups in total. The van der Waals surface area contributed by atoms with E-state index in [9.17, 15) is 4.79 Å². The van der Waals surface area contributed by atoms with E-state index in [-0.39, 0.29) is 0 Å². The number of ether oxygens (including phenoxy) is 1. The van der Waals surface area contributed by atoms with Crippen LogP contribution in [0, 0.1) is 6.92 Å². The second-order valence-corrected chi connectivity index (χ2v) is 6.39. The SMILES string of the molecule is CCOC(=O)c1cnc2c(cnn2-c2ccccc2)c1Nc1ccc(C)cc1. The average molecular weight is 372 g/mol. The van der Waals surface area contributed by atoms with E-state index < -0.39 is 5.97 Å². The highest BCUT2D eigenvalue weighted by molar-refractivity contribution is 6.05. The normalized spacial score (nSPS) is 10.8. The smallest absolute Gasteiger partial charge is 0.341 e. The Morgan fingerprint density at radius 2 is 1.82 bits per heavy atom. The van der Waals surface area contributed by atoms with Crippen LogP contribution in [0.2, 0.25) is 0 Å². The maximum atomic E-state index is 12.5. The Morgan fingerprint density at radius 1 is 1.07 bits per heavy atom. The molecule has 0 aliphatic heterocycles. The van der Waals surface area contributed by atoms with E-state index in [1.54, 1.807) is 17.8 Å². The van der Waals surface area contributed by atoms with Gasteiger partial charge in [-0.1, -0.05) is 35.9 Å². The molecule has 2 aromatic carbocycles. The number of aromatic nitrogens is 3. The zero-order chi connectivity index (χ0) is 19.5. The molecule has 2 heterocycles. The molecule has 0 saturated carbocycles. The lowest BCUT2D eigenvalue weighted by Gasteiger charge is -2.13. The number of carbonyl (C=O) groups is 1. The Hall–Kier alpha value is -3.67. The monoisotopic (exact) mass is 372 g/mol. The maximum Gasteiger partial charge on any atom is 0.341 e. The topological polar surface area (TPSA) is 69.0 Å². The summed E-state index contributed by atoms with van der Waals surface area (Å²) in [5.41, 5.74) is 4.60. The second kappa shape index (κ2) is 7.52. The van der Waals surface area contributed by atoms with Crippen LogP contribution in [0.15, 0.2) is 67.0 Å². The molecule has 4 aromatic rings. The summed E-state index contributed by atoms with van der Waals surface area (Å²) in [6, 6.07) is 17.7. The van der Waals surface area contributed by atoms with Crippen molar-refractivity contribution in [2.45, 2.75) is 13.8 Å². The largest absolute Gasteiger partial charge is 0.462 e. The Balaban J connectivity index is 1.87. The first-order valence-electron chi connectivity index (χ1n) is 9.10. The van der Waals surface area contributed by atoms with Gasteiger partial charge in [0.2, 0.25) is 0 Å². The quantitative estimate of drug-likeness (QED) is 0.517. The van der Waals surface area contributed by atoms with Gasteiger partial charge in [0.15, 0.2) is 5.65 Å². The lowest BCUT2D eigenvalue weighted by molar-refractivity contribution is 0.0527. The van der Waals surface area contributed by atoms with E-state index in [1.807, 2.05) is 61.5 Å². The molecule has 28 heavy (non-hydrogen) atoms. The fourth-order valence-corrected chi connectivity index (χ4v) is 3.02. The van der Waals surface area contributed by atoms with E-state index >= 15 is 0 Å². The molecule has 140 valence electrons. The Bertz CT molecular complexity index is 1120. The number of aryl methyl sites for hydroxylation is 1. The summed E-state index contributed by atoms with van der Waals surface area (Å²) in [6.07, 6.45) is 3.26. The summed E-state index contributed by atoms with van der Waals surface area (Å²) in [5.74, 6) is -0.418. The summed E-state index contributed by atoms with van der Waals surface area (Å²) in [5, 5.41) is 8.59. The number of fused-ring (bicyclic) bond motifs is 1. The maximum absolute atomic E-state index is 12.5. The molecule has 0 bridgehead atoms. The van der Waals surface area contributed by atoms with Crippen molar-refractivity contribution < 1.29 is 9.53 Å². The third-order valence-electron chi connectivity index (χ3n) is 4.42. The highest BCUT2D eigenvalue weighted by atomic mass is 16.5. The van der Waals surface area contributed by atoms with Gasteiger partial charge in [-0.2, -0.15) is 5.10 Å². The highest BCUT2D eigenvalue weighted by Crippen LogP contribution is 2.30. The minimum atomic E-state index is -0.418. The van der Waals surface area contributed by atoms with Gasteiger partial charge < -0.3 is 10.1 Å². The van der Waals surface area contributed by atoms with Gasteiger partial charge in [0.05, 0.1) is 29.6 Å². The summed E-state index contributed by atoms with van der Waals surface area (Å²) >= 11 is 0. The molecule has 6 heteroatoms. The number of nitrogens with zero attached hydrogens (tertiary/aromatic N) is 3. The van der Waals surface area contributed by atoms with Crippen molar-refractivity contribution in [2.75, 3.05) is 11.9 Å². The number of carbonyl (C=O) groups excluding carboxylic acids is 1. The Kier molecular flexibility index (Phi) is 4.76. The molecule has 0 saturated heterocycles. The number of anilines is 2. The first-order valence-corrected chi connectivity index (χ1v) is 9.10. The van der Waals surface area contributed by atoms with E-state index in [0.717, 1.165) is 22.3 Å². The van der Waals surface area contributed by atoms with E-state index in [4.69, 9.17) is 4.74 Å². The number of hydrogen-bond acceptors (Lipinski definition) is 5. The lowest BCUT2D eigenvalue weighted by Crippen LogP contribution is -2.09. The van der Waals surface area contributed by atoms with Crippen LogP contribution in [0.25, 0.3) is 16.7 Å². The van der Waals surface area contributed by atoms with Gasteiger partial charge in [0.1, 0.15) is 5.56 Å². The summed E-state index contributed by atoms with van der Waals surface area (Å²) in [6.45, 7) is 4.11. The van der Waals surface area contributed by atoms with Gasteiger partial charge >= 0.3 is 5.97 Å². The standard InChI is InChI=1S/C22H20N4O2/c1-3-28-22(27)19-13-23-21-18(14-24-26(21)17-7-5-4-6-8-17)20(19)25-16-11-9-15(2)10-12-16/h4-14H,3H2,1-2H3,(H,23,25). The molecule has 0 spiro atoms. The van der Waals surface area contributed by atoms with Gasteiger partial charge in [0, 0.05) is 11.9 Å². The molecular formula is C22H20N4O2. The summed E-state index contributed by atoms with van der Waals surface area (Å²) in [4.78, 5) is 17.0. The fraction of sp³-hybridized carbons (Fsp3) is 0.136. The molecule has 0 radical (unpaired) electrons. The molecule has 0 aliphatic rings. The molecule has 0 aliphatic carbocycles. The van der Waals surface area contributed by atoms with Crippen LogP contribution in [0.5, 0.6) is 0 Å². The first-order chi connectivity index (χ1) is 13.7. The van der Waals surface area contributed by atoms with Crippen molar-refractivity contribution in [3.05, 3.63) is 78.1 Å².